The van der Waals surface area contributed by atoms with Gasteiger partial charge in [0.1, 0.15) is 17.8 Å². The van der Waals surface area contributed by atoms with E-state index in [-0.39, 0.29) is 17.4 Å². The van der Waals surface area contributed by atoms with Crippen LogP contribution in [0.1, 0.15) is 45.8 Å². The SMILES string of the molecule is Cc1cc(C#N)c(F)cc1C1C=NN(c2ccc(C(=O)N3CCN(C4CC4)CC3)cn2)C1=O. The number of hydrogen-bond donors (Lipinski definition) is 0. The first-order valence-corrected chi connectivity index (χ1v) is 11.0. The summed E-state index contributed by atoms with van der Waals surface area (Å²) in [6, 6.07) is 8.39. The van der Waals surface area contributed by atoms with Crippen LogP contribution in [-0.2, 0) is 4.79 Å². The van der Waals surface area contributed by atoms with Gasteiger partial charge in [-0.25, -0.2) is 9.37 Å². The molecule has 9 heteroatoms. The standard InChI is InChI=1S/C24H23FN6O2/c1-15-10-17(12-26)21(25)11-19(15)20-14-28-31(24(20)33)22-5-2-16(13-27-22)23(32)30-8-6-29(7-9-30)18-3-4-18/h2,5,10-11,13-14,18,20H,3-4,6-9H2,1H3. The highest BCUT2D eigenvalue weighted by molar-refractivity contribution is 6.12. The van der Waals surface area contributed by atoms with Crippen LogP contribution in [0.15, 0.2) is 35.6 Å². The molecule has 1 unspecified atom stereocenters. The van der Waals surface area contributed by atoms with Crippen LogP contribution >= 0.6 is 0 Å². The minimum Gasteiger partial charge on any atom is -0.336 e. The summed E-state index contributed by atoms with van der Waals surface area (Å²) in [5.41, 5.74) is 1.50. The normalized spacial score (nSPS) is 20.9. The van der Waals surface area contributed by atoms with Crippen LogP contribution in [0, 0.1) is 24.1 Å². The zero-order chi connectivity index (χ0) is 23.1. The minimum atomic E-state index is -0.766. The van der Waals surface area contributed by atoms with Crippen LogP contribution in [0.2, 0.25) is 0 Å². The van der Waals surface area contributed by atoms with Gasteiger partial charge < -0.3 is 4.90 Å². The Morgan fingerprint density at radius 3 is 2.58 bits per heavy atom. The van der Waals surface area contributed by atoms with E-state index >= 15 is 0 Å². The topological polar surface area (TPSA) is 92.9 Å². The van der Waals surface area contributed by atoms with Gasteiger partial charge in [-0.15, -0.1) is 0 Å². The molecule has 1 atom stereocenters. The minimum absolute atomic E-state index is 0.0635. The molecule has 8 nitrogen and oxygen atoms in total. The van der Waals surface area contributed by atoms with E-state index in [9.17, 15) is 14.0 Å². The van der Waals surface area contributed by atoms with Gasteiger partial charge in [-0.3, -0.25) is 14.5 Å². The number of benzene rings is 1. The maximum Gasteiger partial charge on any atom is 0.261 e. The molecule has 2 fully saturated rings. The fourth-order valence-corrected chi connectivity index (χ4v) is 4.44. The van der Waals surface area contributed by atoms with Crippen LogP contribution in [0.5, 0.6) is 0 Å². The molecule has 0 N–H and O–H groups in total. The van der Waals surface area contributed by atoms with E-state index in [1.54, 1.807) is 25.1 Å². The smallest absolute Gasteiger partial charge is 0.261 e. The number of rotatable bonds is 4. The molecule has 33 heavy (non-hydrogen) atoms. The molecule has 1 saturated carbocycles. The van der Waals surface area contributed by atoms with E-state index in [0.717, 1.165) is 18.1 Å². The lowest BCUT2D eigenvalue weighted by Gasteiger charge is -2.34. The van der Waals surface area contributed by atoms with Crippen molar-refractivity contribution in [1.82, 2.24) is 14.8 Å². The molecule has 2 aromatic rings. The maximum atomic E-state index is 14.1. The molecule has 0 bridgehead atoms. The molecule has 3 aliphatic rings. The Morgan fingerprint density at radius 2 is 1.94 bits per heavy atom. The average molecular weight is 446 g/mol. The van der Waals surface area contributed by atoms with Crippen molar-refractivity contribution in [3.63, 3.8) is 0 Å². The molecule has 3 heterocycles. The highest BCUT2D eigenvalue weighted by Gasteiger charge is 2.34. The summed E-state index contributed by atoms with van der Waals surface area (Å²) in [5.74, 6) is -1.58. The molecule has 2 amide bonds. The van der Waals surface area contributed by atoms with Gasteiger partial charge in [-0.05, 0) is 55.2 Å². The van der Waals surface area contributed by atoms with E-state index < -0.39 is 11.7 Å². The number of hydrogen-bond acceptors (Lipinski definition) is 6. The van der Waals surface area contributed by atoms with Crippen LogP contribution in [0.25, 0.3) is 0 Å². The number of amides is 2. The van der Waals surface area contributed by atoms with Gasteiger partial charge in [0.2, 0.25) is 0 Å². The summed E-state index contributed by atoms with van der Waals surface area (Å²) in [7, 11) is 0. The van der Waals surface area contributed by atoms with Gasteiger partial charge in [0.05, 0.1) is 11.1 Å². The van der Waals surface area contributed by atoms with Crippen molar-refractivity contribution in [1.29, 1.82) is 5.26 Å². The predicted molar refractivity (Wildman–Crippen MR) is 119 cm³/mol. The molecule has 2 aliphatic heterocycles. The number of anilines is 1. The van der Waals surface area contributed by atoms with Crippen molar-refractivity contribution < 1.29 is 14.0 Å². The van der Waals surface area contributed by atoms with E-state index in [4.69, 9.17) is 5.26 Å². The number of hydrazone groups is 1. The summed E-state index contributed by atoms with van der Waals surface area (Å²) in [5, 5.41) is 14.3. The van der Waals surface area contributed by atoms with Crippen LogP contribution in [-0.4, -0.2) is 65.0 Å². The number of aromatic nitrogens is 1. The molecule has 168 valence electrons. The van der Waals surface area contributed by atoms with Gasteiger partial charge in [0.15, 0.2) is 5.82 Å². The van der Waals surface area contributed by atoms with Crippen molar-refractivity contribution in [2.24, 2.45) is 5.10 Å². The first kappa shape index (κ1) is 21.2. The largest absolute Gasteiger partial charge is 0.336 e. The number of aryl methyl sites for hydroxylation is 1. The maximum absolute atomic E-state index is 14.1. The zero-order valence-corrected chi connectivity index (χ0v) is 18.2. The lowest BCUT2D eigenvalue weighted by Crippen LogP contribution is -2.49. The average Bonchev–Trinajstić information content (AvgIpc) is 3.62. The lowest BCUT2D eigenvalue weighted by atomic mass is 9.93. The number of piperazine rings is 1. The summed E-state index contributed by atoms with van der Waals surface area (Å²) >= 11 is 0. The van der Waals surface area contributed by atoms with Gasteiger partial charge >= 0.3 is 0 Å². The molecular weight excluding hydrogens is 423 g/mol. The van der Waals surface area contributed by atoms with Crippen molar-refractivity contribution in [3.05, 3.63) is 58.5 Å². The fraction of sp³-hybridized carbons (Fsp3) is 0.375. The zero-order valence-electron chi connectivity index (χ0n) is 18.2. The van der Waals surface area contributed by atoms with Gasteiger partial charge in [0, 0.05) is 44.6 Å². The second-order valence-electron chi connectivity index (χ2n) is 8.66. The number of carbonyl (C=O) groups is 2. The first-order valence-electron chi connectivity index (χ1n) is 11.0. The fourth-order valence-electron chi connectivity index (χ4n) is 4.44. The summed E-state index contributed by atoms with van der Waals surface area (Å²) in [4.78, 5) is 34.4. The van der Waals surface area contributed by atoms with Crippen LogP contribution in [0.4, 0.5) is 10.2 Å². The van der Waals surface area contributed by atoms with Crippen LogP contribution in [0.3, 0.4) is 0 Å². The molecule has 0 radical (unpaired) electrons. The van der Waals surface area contributed by atoms with Crippen molar-refractivity contribution in [2.75, 3.05) is 31.2 Å². The molecule has 1 aromatic carbocycles. The lowest BCUT2D eigenvalue weighted by molar-refractivity contribution is -0.118. The highest BCUT2D eigenvalue weighted by Crippen LogP contribution is 2.30. The van der Waals surface area contributed by atoms with Crippen LogP contribution < -0.4 is 5.01 Å². The predicted octanol–water partition coefficient (Wildman–Crippen LogP) is 2.44. The molecule has 1 aliphatic carbocycles. The summed E-state index contributed by atoms with van der Waals surface area (Å²) < 4.78 is 14.1. The van der Waals surface area contributed by atoms with E-state index in [0.29, 0.717) is 41.6 Å². The third kappa shape index (κ3) is 3.98. The Balaban J connectivity index is 1.27. The second-order valence-corrected chi connectivity index (χ2v) is 8.66. The molecule has 5 rings (SSSR count). The molecular formula is C24H23FN6O2. The van der Waals surface area contributed by atoms with E-state index in [1.165, 1.54) is 37.4 Å². The Bertz CT molecular complexity index is 1180. The highest BCUT2D eigenvalue weighted by atomic mass is 19.1. The number of nitrogens with zero attached hydrogens (tertiary/aromatic N) is 6. The monoisotopic (exact) mass is 446 g/mol. The molecule has 0 spiro atoms. The Labute approximate surface area is 190 Å². The number of nitriles is 1. The summed E-state index contributed by atoms with van der Waals surface area (Å²) in [6.07, 6.45) is 5.43. The third-order valence-electron chi connectivity index (χ3n) is 6.49. The Kier molecular flexibility index (Phi) is 5.38. The Morgan fingerprint density at radius 1 is 1.18 bits per heavy atom. The second kappa shape index (κ2) is 8.37. The van der Waals surface area contributed by atoms with Gasteiger partial charge in [-0.2, -0.15) is 15.4 Å². The quantitative estimate of drug-likeness (QED) is 0.719. The first-order chi connectivity index (χ1) is 16.0. The van der Waals surface area contributed by atoms with Gasteiger partial charge in [0.25, 0.3) is 11.8 Å². The van der Waals surface area contributed by atoms with Crippen molar-refractivity contribution >= 4 is 23.8 Å². The number of carbonyl (C=O) groups excluding carboxylic acids is 2. The number of halogens is 1. The van der Waals surface area contributed by atoms with E-state index in [1.807, 2.05) is 4.90 Å². The third-order valence-corrected chi connectivity index (χ3v) is 6.49. The molecule has 1 aromatic heterocycles. The Hall–Kier alpha value is -3.64. The van der Waals surface area contributed by atoms with Crippen molar-refractivity contribution in [3.8, 4) is 6.07 Å². The van der Waals surface area contributed by atoms with Gasteiger partial charge in [-0.1, -0.05) is 0 Å². The summed E-state index contributed by atoms with van der Waals surface area (Å²) in [6.45, 7) is 4.93. The molecule has 1 saturated heterocycles. The number of pyridine rings is 1. The van der Waals surface area contributed by atoms with E-state index in [2.05, 4.69) is 15.0 Å². The van der Waals surface area contributed by atoms with Crippen molar-refractivity contribution in [2.45, 2.75) is 31.7 Å².